The molecule has 0 bridgehead atoms. The normalized spacial score (nSPS) is 11.1. The van der Waals surface area contributed by atoms with Crippen molar-refractivity contribution in [2.45, 2.75) is 26.7 Å². The van der Waals surface area contributed by atoms with E-state index in [9.17, 15) is 4.79 Å². The summed E-state index contributed by atoms with van der Waals surface area (Å²) in [4.78, 5) is 22.4. The van der Waals surface area contributed by atoms with E-state index in [1.54, 1.807) is 18.1 Å². The van der Waals surface area contributed by atoms with Crippen molar-refractivity contribution in [2.75, 3.05) is 33.2 Å². The van der Waals surface area contributed by atoms with Gasteiger partial charge in [0.05, 0.1) is 0 Å². The van der Waals surface area contributed by atoms with Crippen LogP contribution in [0, 0.1) is 0 Å². The second kappa shape index (κ2) is 10.6. The van der Waals surface area contributed by atoms with E-state index in [1.807, 2.05) is 25.1 Å². The number of carbonyl (C=O) groups is 1. The number of rotatable bonds is 8. The third kappa shape index (κ3) is 7.06. The molecule has 122 valence electrons. The first-order valence-electron chi connectivity index (χ1n) is 7.83. The molecule has 0 spiro atoms. The lowest BCUT2D eigenvalue weighted by atomic mass is 10.2. The van der Waals surface area contributed by atoms with Crippen LogP contribution in [0.5, 0.6) is 0 Å². The first-order chi connectivity index (χ1) is 10.7. The van der Waals surface area contributed by atoms with Crippen LogP contribution >= 0.6 is 0 Å². The van der Waals surface area contributed by atoms with Crippen molar-refractivity contribution in [2.24, 2.45) is 4.99 Å². The summed E-state index contributed by atoms with van der Waals surface area (Å²) in [5.41, 5.74) is 0.989. The summed E-state index contributed by atoms with van der Waals surface area (Å²) >= 11 is 0. The maximum Gasteiger partial charge on any atom is 0.244 e. The number of guanidine groups is 1. The summed E-state index contributed by atoms with van der Waals surface area (Å²) in [7, 11) is 1.80. The molecule has 22 heavy (non-hydrogen) atoms. The number of amides is 1. The molecule has 0 radical (unpaired) electrons. The maximum absolute atomic E-state index is 12.1. The van der Waals surface area contributed by atoms with Gasteiger partial charge in [-0.05, 0) is 25.5 Å². The number of aliphatic imine (C=N–C) groups is 1. The second-order valence-corrected chi connectivity index (χ2v) is 5.01. The summed E-state index contributed by atoms with van der Waals surface area (Å²) in [5.74, 6) is 0.695. The summed E-state index contributed by atoms with van der Waals surface area (Å²) < 4.78 is 0. The molecule has 6 heteroatoms. The summed E-state index contributed by atoms with van der Waals surface area (Å²) in [6.07, 6.45) is 3.53. The minimum atomic E-state index is 0.00429. The first kappa shape index (κ1) is 17.9. The minimum absolute atomic E-state index is 0.00429. The van der Waals surface area contributed by atoms with Crippen LogP contribution in [0.1, 0.15) is 26.0 Å². The van der Waals surface area contributed by atoms with Crippen molar-refractivity contribution in [1.29, 1.82) is 0 Å². The highest BCUT2D eigenvalue weighted by Gasteiger charge is 2.08. The molecular formula is C16H27N5O. The molecule has 1 heterocycles. The molecule has 0 aromatic carbocycles. The van der Waals surface area contributed by atoms with Crippen molar-refractivity contribution in [1.82, 2.24) is 20.5 Å². The molecule has 1 aromatic rings. The third-order valence-electron chi connectivity index (χ3n) is 3.11. The van der Waals surface area contributed by atoms with Gasteiger partial charge < -0.3 is 15.5 Å². The minimum Gasteiger partial charge on any atom is -0.357 e. The van der Waals surface area contributed by atoms with Gasteiger partial charge in [-0.15, -0.1) is 0 Å². The third-order valence-corrected chi connectivity index (χ3v) is 3.11. The van der Waals surface area contributed by atoms with Crippen LogP contribution in [0.2, 0.25) is 0 Å². The van der Waals surface area contributed by atoms with Gasteiger partial charge in [-0.3, -0.25) is 9.78 Å². The van der Waals surface area contributed by atoms with Gasteiger partial charge in [0.15, 0.2) is 5.96 Å². The van der Waals surface area contributed by atoms with E-state index in [-0.39, 0.29) is 12.5 Å². The molecule has 0 aliphatic heterocycles. The Labute approximate surface area is 133 Å². The van der Waals surface area contributed by atoms with Crippen molar-refractivity contribution < 1.29 is 4.79 Å². The zero-order valence-corrected chi connectivity index (χ0v) is 13.8. The molecule has 0 fully saturated rings. The van der Waals surface area contributed by atoms with Gasteiger partial charge in [0, 0.05) is 45.0 Å². The molecule has 1 amide bonds. The predicted molar refractivity (Wildman–Crippen MR) is 89.9 cm³/mol. The Kier molecular flexibility index (Phi) is 8.64. The van der Waals surface area contributed by atoms with Crippen LogP contribution in [0.25, 0.3) is 0 Å². The highest BCUT2D eigenvalue weighted by Crippen LogP contribution is 1.97. The van der Waals surface area contributed by atoms with Gasteiger partial charge >= 0.3 is 0 Å². The highest BCUT2D eigenvalue weighted by atomic mass is 16.2. The average molecular weight is 305 g/mol. The van der Waals surface area contributed by atoms with Gasteiger partial charge in [-0.1, -0.05) is 13.0 Å². The number of nitrogens with one attached hydrogen (secondary N) is 2. The molecule has 1 aromatic heterocycles. The monoisotopic (exact) mass is 305 g/mol. The average Bonchev–Trinajstić information content (AvgIpc) is 2.55. The Bertz CT molecular complexity index is 461. The van der Waals surface area contributed by atoms with Crippen molar-refractivity contribution >= 4 is 11.9 Å². The molecule has 0 unspecified atom stereocenters. The molecule has 0 atom stereocenters. The highest BCUT2D eigenvalue weighted by molar-refractivity contribution is 5.84. The Morgan fingerprint density at radius 3 is 2.77 bits per heavy atom. The second-order valence-electron chi connectivity index (χ2n) is 5.01. The number of likely N-dealkylation sites (N-methyl/N-ethyl adjacent to an activating group) is 1. The Morgan fingerprint density at radius 1 is 1.32 bits per heavy atom. The molecule has 0 saturated heterocycles. The number of hydrogen-bond donors (Lipinski definition) is 2. The zero-order valence-electron chi connectivity index (χ0n) is 13.8. The lowest BCUT2D eigenvalue weighted by Crippen LogP contribution is -2.39. The molecule has 1 rings (SSSR count). The number of pyridine rings is 1. The van der Waals surface area contributed by atoms with Crippen LogP contribution < -0.4 is 10.6 Å². The molecule has 0 saturated carbocycles. The van der Waals surface area contributed by atoms with Gasteiger partial charge in [-0.25, -0.2) is 4.99 Å². The molecule has 0 aliphatic rings. The molecule has 6 nitrogen and oxygen atoms in total. The first-order valence-corrected chi connectivity index (χ1v) is 7.83. The van der Waals surface area contributed by atoms with Crippen molar-refractivity contribution in [3.8, 4) is 0 Å². The lowest BCUT2D eigenvalue weighted by molar-refractivity contribution is -0.128. The van der Waals surface area contributed by atoms with Crippen LogP contribution in [0.15, 0.2) is 29.4 Å². The Hall–Kier alpha value is -2.11. The molecule has 2 N–H and O–H groups in total. The van der Waals surface area contributed by atoms with E-state index in [2.05, 4.69) is 27.5 Å². The van der Waals surface area contributed by atoms with Gasteiger partial charge in [0.1, 0.15) is 6.54 Å². The van der Waals surface area contributed by atoms with Crippen LogP contribution in [0.4, 0.5) is 0 Å². The number of aromatic nitrogens is 1. The molecular weight excluding hydrogens is 278 g/mol. The largest absolute Gasteiger partial charge is 0.357 e. The fraction of sp³-hybridized carbons (Fsp3) is 0.562. The van der Waals surface area contributed by atoms with Crippen molar-refractivity contribution in [3.05, 3.63) is 30.1 Å². The van der Waals surface area contributed by atoms with E-state index < -0.39 is 0 Å². The summed E-state index contributed by atoms with van der Waals surface area (Å²) in [6, 6.07) is 5.81. The van der Waals surface area contributed by atoms with Gasteiger partial charge in [0.2, 0.25) is 5.91 Å². The SMILES string of the molecule is CCCNC(=NCC(=O)N(C)CCc1ccccn1)NCC. The standard InChI is InChI=1S/C16H27N5O/c1-4-10-19-16(17-5-2)20-13-15(22)21(3)12-9-14-8-6-7-11-18-14/h6-8,11H,4-5,9-10,12-13H2,1-3H3,(H2,17,19,20). The van der Waals surface area contributed by atoms with Crippen LogP contribution in [-0.4, -0.2) is 55.0 Å². The van der Waals surface area contributed by atoms with E-state index in [4.69, 9.17) is 0 Å². The summed E-state index contributed by atoms with van der Waals surface area (Å²) in [6.45, 7) is 6.51. The van der Waals surface area contributed by atoms with Gasteiger partial charge in [-0.2, -0.15) is 0 Å². The topological polar surface area (TPSA) is 69.6 Å². The van der Waals surface area contributed by atoms with E-state index in [1.165, 1.54) is 0 Å². The van der Waals surface area contributed by atoms with Crippen molar-refractivity contribution in [3.63, 3.8) is 0 Å². The maximum atomic E-state index is 12.1. The van der Waals surface area contributed by atoms with Gasteiger partial charge in [0.25, 0.3) is 0 Å². The van der Waals surface area contributed by atoms with E-state index >= 15 is 0 Å². The number of hydrogen-bond acceptors (Lipinski definition) is 3. The number of carbonyl (C=O) groups excluding carboxylic acids is 1. The smallest absolute Gasteiger partial charge is 0.244 e. The predicted octanol–water partition coefficient (Wildman–Crippen LogP) is 1.05. The number of nitrogens with zero attached hydrogens (tertiary/aromatic N) is 3. The molecule has 0 aliphatic carbocycles. The Morgan fingerprint density at radius 2 is 2.14 bits per heavy atom. The fourth-order valence-electron chi connectivity index (χ4n) is 1.81. The quantitative estimate of drug-likeness (QED) is 0.556. The zero-order chi connectivity index (χ0) is 16.2. The van der Waals surface area contributed by atoms with E-state index in [0.29, 0.717) is 12.5 Å². The fourth-order valence-corrected chi connectivity index (χ4v) is 1.81. The van der Waals surface area contributed by atoms with E-state index in [0.717, 1.165) is 31.6 Å². The lowest BCUT2D eigenvalue weighted by Gasteiger charge is -2.16. The summed E-state index contributed by atoms with van der Waals surface area (Å²) in [5, 5.41) is 6.31. The Balaban J connectivity index is 2.41. The van der Waals surface area contributed by atoms with Crippen LogP contribution in [0.3, 0.4) is 0 Å². The van der Waals surface area contributed by atoms with Crippen LogP contribution in [-0.2, 0) is 11.2 Å².